The number of rotatable bonds is 9. The van der Waals surface area contributed by atoms with Crippen LogP contribution in [0.25, 0.3) is 10.8 Å². The van der Waals surface area contributed by atoms with Crippen molar-refractivity contribution in [1.29, 1.82) is 0 Å². The molecule has 5 aromatic rings. The number of benzene rings is 3. The molecule has 3 aliphatic heterocycles. The Morgan fingerprint density at radius 2 is 1.73 bits per heavy atom. The van der Waals surface area contributed by atoms with Gasteiger partial charge < -0.3 is 25.2 Å². The monoisotopic (exact) mass is 704 g/mol. The van der Waals surface area contributed by atoms with Crippen molar-refractivity contribution >= 4 is 43.8 Å². The summed E-state index contributed by atoms with van der Waals surface area (Å²) in [6.45, 7) is 5.32. The Morgan fingerprint density at radius 3 is 2.49 bits per heavy atom. The number of piperazine rings is 1. The Bertz CT molecular complexity index is 2230. The van der Waals surface area contributed by atoms with Crippen molar-refractivity contribution in [2.24, 2.45) is 0 Å². The van der Waals surface area contributed by atoms with Gasteiger partial charge in [-0.05, 0) is 80.3 Å². The molecule has 262 valence electrons. The molecule has 3 aromatic carbocycles. The van der Waals surface area contributed by atoms with Gasteiger partial charge in [-0.1, -0.05) is 30.3 Å². The van der Waals surface area contributed by atoms with E-state index < -0.39 is 10.0 Å². The third-order valence-electron chi connectivity index (χ3n) is 10.6. The van der Waals surface area contributed by atoms with Crippen LogP contribution >= 0.6 is 0 Å². The second-order valence-electron chi connectivity index (χ2n) is 14.2. The van der Waals surface area contributed by atoms with E-state index in [1.54, 1.807) is 12.1 Å². The first-order chi connectivity index (χ1) is 24.8. The summed E-state index contributed by atoms with van der Waals surface area (Å²) in [6, 6.07) is 21.9. The number of pyridine rings is 1. The maximum atomic E-state index is 13.1. The van der Waals surface area contributed by atoms with Crippen LogP contribution in [-0.2, 0) is 27.8 Å². The van der Waals surface area contributed by atoms with Gasteiger partial charge in [0.25, 0.3) is 15.9 Å². The van der Waals surface area contributed by atoms with Gasteiger partial charge in [0.2, 0.25) is 5.88 Å². The van der Waals surface area contributed by atoms with Crippen molar-refractivity contribution in [3.63, 3.8) is 0 Å². The molecule has 3 fully saturated rings. The largest absolute Gasteiger partial charge is 0.467 e. The summed E-state index contributed by atoms with van der Waals surface area (Å²) in [6.07, 6.45) is 6.43. The lowest BCUT2D eigenvalue weighted by molar-refractivity contribution is -0.118. The van der Waals surface area contributed by atoms with Crippen LogP contribution in [0.3, 0.4) is 0 Å². The van der Waals surface area contributed by atoms with Gasteiger partial charge in [0.15, 0.2) is 12.4 Å². The first-order valence-electron chi connectivity index (χ1n) is 17.8. The fourth-order valence-corrected chi connectivity index (χ4v) is 8.94. The number of hydrogen-bond donors (Lipinski definition) is 2. The third-order valence-corrected chi connectivity index (χ3v) is 12.1. The van der Waals surface area contributed by atoms with Gasteiger partial charge in [0, 0.05) is 71.7 Å². The Balaban J connectivity index is 0.930. The van der Waals surface area contributed by atoms with Crippen LogP contribution in [0.4, 0.5) is 17.1 Å². The number of carbonyl (C=O) groups is 1. The van der Waals surface area contributed by atoms with E-state index in [2.05, 4.69) is 73.8 Å². The maximum Gasteiger partial charge on any atom is 0.284 e. The average Bonchev–Trinajstić information content (AvgIpc) is 3.76. The molecule has 2 atom stereocenters. The van der Waals surface area contributed by atoms with E-state index >= 15 is 0 Å². The summed E-state index contributed by atoms with van der Waals surface area (Å²) in [5, 5.41) is 13.2. The number of aromatic nitrogens is 4. The van der Waals surface area contributed by atoms with E-state index in [4.69, 9.17) is 9.72 Å². The minimum atomic E-state index is -3.89. The van der Waals surface area contributed by atoms with E-state index in [1.807, 2.05) is 6.07 Å². The van der Waals surface area contributed by atoms with Crippen molar-refractivity contribution in [1.82, 2.24) is 24.5 Å². The van der Waals surface area contributed by atoms with Crippen molar-refractivity contribution in [3.8, 4) is 5.88 Å². The van der Waals surface area contributed by atoms with Gasteiger partial charge in [-0.2, -0.15) is 8.42 Å². The highest BCUT2D eigenvalue weighted by molar-refractivity contribution is 7.89. The molecule has 51 heavy (non-hydrogen) atoms. The molecule has 13 heteroatoms. The van der Waals surface area contributed by atoms with Crippen LogP contribution in [0.5, 0.6) is 5.88 Å². The lowest BCUT2D eigenvalue weighted by Gasteiger charge is -2.38. The molecule has 1 amide bonds. The second kappa shape index (κ2) is 12.6. The first kappa shape index (κ1) is 31.9. The van der Waals surface area contributed by atoms with Crippen LogP contribution in [-0.4, -0.2) is 71.8 Å². The van der Waals surface area contributed by atoms with E-state index in [0.29, 0.717) is 36.0 Å². The highest BCUT2D eigenvalue weighted by atomic mass is 32.2. The molecule has 0 radical (unpaired) electrons. The van der Waals surface area contributed by atoms with Crippen molar-refractivity contribution in [2.75, 3.05) is 41.4 Å². The van der Waals surface area contributed by atoms with Gasteiger partial charge in [0.05, 0.1) is 17.1 Å². The normalized spacial score (nSPS) is 20.0. The minimum absolute atomic E-state index is 0.0591. The standard InChI is InChI=1S/C38H40N8O4S/c1-24-4-2-5-25-6-3-7-33(37(24)25)44-17-16-31-32(21-44)42-36(18-34(31)45-19-28-10-11-29(20-45)40-28)50-22-35(47)41-27-12-14-30(15-13-27)51(48,49)46-23-39-38(43-46)26-8-9-26/h2-7,12-15,18,23,26,28-29,40H,8-11,16-17,19-22H2,1H3,(H,41,47). The molecule has 12 nitrogen and oxygen atoms in total. The molecule has 2 N–H and O–H groups in total. The Morgan fingerprint density at radius 1 is 0.961 bits per heavy atom. The van der Waals surface area contributed by atoms with E-state index in [1.165, 1.54) is 58.9 Å². The van der Waals surface area contributed by atoms with Gasteiger partial charge in [0.1, 0.15) is 6.33 Å². The molecule has 0 spiro atoms. The molecular formula is C38H40N8O4S. The number of nitrogens with one attached hydrogen (secondary N) is 2. The van der Waals surface area contributed by atoms with Crippen LogP contribution in [0.1, 0.15) is 54.2 Å². The lowest BCUT2D eigenvalue weighted by Crippen LogP contribution is -2.51. The van der Waals surface area contributed by atoms with Crippen LogP contribution < -0.4 is 25.2 Å². The van der Waals surface area contributed by atoms with E-state index in [0.717, 1.165) is 54.4 Å². The molecule has 2 aromatic heterocycles. The Hall–Kier alpha value is -5.01. The van der Waals surface area contributed by atoms with Crippen molar-refractivity contribution in [3.05, 3.63) is 95.7 Å². The van der Waals surface area contributed by atoms with Crippen molar-refractivity contribution < 1.29 is 17.9 Å². The molecule has 1 saturated carbocycles. The van der Waals surface area contributed by atoms with Crippen LogP contribution in [0.15, 0.2) is 78.0 Å². The number of aryl methyl sites for hydroxylation is 1. The third kappa shape index (κ3) is 6.18. The molecule has 9 rings (SSSR count). The number of carbonyl (C=O) groups excluding carboxylic acids is 1. The zero-order valence-corrected chi connectivity index (χ0v) is 29.3. The number of ether oxygens (including phenoxy) is 1. The quantitative estimate of drug-likeness (QED) is 0.221. The number of nitrogens with zero attached hydrogens (tertiary/aromatic N) is 6. The maximum absolute atomic E-state index is 13.1. The van der Waals surface area contributed by atoms with E-state index in [9.17, 15) is 13.2 Å². The smallest absolute Gasteiger partial charge is 0.284 e. The lowest BCUT2D eigenvalue weighted by atomic mass is 9.98. The summed E-state index contributed by atoms with van der Waals surface area (Å²) >= 11 is 0. The SMILES string of the molecule is Cc1cccc2cccc(N3CCc4c(N5CC6CCC(C5)N6)cc(OCC(=O)Nc5ccc(S(=O)(=O)n6cnc(C7CC7)n6)cc5)nc4C3)c12. The predicted molar refractivity (Wildman–Crippen MR) is 195 cm³/mol. The fourth-order valence-electron chi connectivity index (χ4n) is 7.88. The second-order valence-corrected chi connectivity index (χ2v) is 16.0. The topological polar surface area (TPSA) is 135 Å². The van der Waals surface area contributed by atoms with Crippen LogP contribution in [0.2, 0.25) is 0 Å². The fraction of sp³-hybridized carbons (Fsp3) is 0.368. The number of anilines is 3. The zero-order chi connectivity index (χ0) is 34.7. The Labute approximate surface area is 296 Å². The van der Waals surface area contributed by atoms with Crippen LogP contribution in [0, 0.1) is 6.92 Å². The summed E-state index contributed by atoms with van der Waals surface area (Å²) in [7, 11) is -3.89. The molecule has 2 unspecified atom stereocenters. The number of amides is 1. The van der Waals surface area contributed by atoms with Gasteiger partial charge in [-0.15, -0.1) is 9.19 Å². The number of hydrogen-bond acceptors (Lipinski definition) is 10. The molecule has 4 aliphatic rings. The van der Waals surface area contributed by atoms with Gasteiger partial charge in [-0.25, -0.2) is 9.97 Å². The minimum Gasteiger partial charge on any atom is -0.467 e. The molecule has 5 heterocycles. The van der Waals surface area contributed by atoms with E-state index in [-0.39, 0.29) is 23.3 Å². The average molecular weight is 705 g/mol. The predicted octanol–water partition coefficient (Wildman–Crippen LogP) is 4.77. The summed E-state index contributed by atoms with van der Waals surface area (Å²) in [4.78, 5) is 27.2. The van der Waals surface area contributed by atoms with Crippen molar-refractivity contribution in [2.45, 2.75) is 68.5 Å². The van der Waals surface area contributed by atoms with Gasteiger partial charge >= 0.3 is 0 Å². The molecular weight excluding hydrogens is 665 g/mol. The number of fused-ring (bicyclic) bond motifs is 4. The highest BCUT2D eigenvalue weighted by Crippen LogP contribution is 2.39. The zero-order valence-electron chi connectivity index (χ0n) is 28.5. The van der Waals surface area contributed by atoms with Gasteiger partial charge in [-0.3, -0.25) is 4.79 Å². The Kier molecular flexibility index (Phi) is 7.92. The first-order valence-corrected chi connectivity index (χ1v) is 19.2. The summed E-state index contributed by atoms with van der Waals surface area (Å²) in [5.41, 5.74) is 6.28. The summed E-state index contributed by atoms with van der Waals surface area (Å²) < 4.78 is 33.2. The molecule has 1 aliphatic carbocycles. The molecule has 2 saturated heterocycles. The summed E-state index contributed by atoms with van der Waals surface area (Å²) in [5.74, 6) is 0.849. The molecule has 2 bridgehead atoms. The highest BCUT2D eigenvalue weighted by Gasteiger charge is 2.35.